The molecule has 1 aliphatic heterocycles. The van der Waals surface area contributed by atoms with Crippen LogP contribution in [0.25, 0.3) is 0 Å². The summed E-state index contributed by atoms with van der Waals surface area (Å²) in [6.45, 7) is 3.66. The van der Waals surface area contributed by atoms with Crippen LogP contribution in [0, 0.1) is 0 Å². The van der Waals surface area contributed by atoms with E-state index in [1.54, 1.807) is 0 Å². The average Bonchev–Trinajstić information content (AvgIpc) is 2.25. The molecule has 1 heterocycles. The molecule has 5 heteroatoms. The number of hydrogen-bond acceptors (Lipinski definition) is 3. The van der Waals surface area contributed by atoms with Gasteiger partial charge in [0.25, 0.3) is 0 Å². The zero-order valence-electron chi connectivity index (χ0n) is 9.14. The lowest BCUT2D eigenvalue weighted by atomic mass is 10.1. The van der Waals surface area contributed by atoms with Gasteiger partial charge in [-0.3, -0.25) is 14.9 Å². The number of carbonyl (C=O) groups excluding carboxylic acids is 2. The molecule has 0 aromatic rings. The molecule has 3 N–H and O–H groups in total. The number of hydrogen-bond donors (Lipinski definition) is 3. The third kappa shape index (κ3) is 4.29. The Morgan fingerprint density at radius 1 is 1.60 bits per heavy atom. The lowest BCUT2D eigenvalue weighted by Gasteiger charge is -2.22. The van der Waals surface area contributed by atoms with Crippen LogP contribution in [0.4, 0.5) is 0 Å². The van der Waals surface area contributed by atoms with Crippen LogP contribution in [-0.2, 0) is 9.59 Å². The number of nitrogens with one attached hydrogen (secondary N) is 3. The predicted octanol–water partition coefficient (Wildman–Crippen LogP) is -0.619. The highest BCUT2D eigenvalue weighted by Crippen LogP contribution is 2.01. The van der Waals surface area contributed by atoms with Gasteiger partial charge in [0.15, 0.2) is 0 Å². The van der Waals surface area contributed by atoms with Crippen molar-refractivity contribution in [1.82, 2.24) is 16.0 Å². The van der Waals surface area contributed by atoms with Crippen molar-refractivity contribution in [2.45, 2.75) is 32.2 Å². The summed E-state index contributed by atoms with van der Waals surface area (Å²) in [6.07, 6.45) is 2.71. The third-order valence-electron chi connectivity index (χ3n) is 2.37. The van der Waals surface area contributed by atoms with Crippen LogP contribution in [0.2, 0.25) is 0 Å². The third-order valence-corrected chi connectivity index (χ3v) is 2.37. The first-order valence-electron chi connectivity index (χ1n) is 5.52. The van der Waals surface area contributed by atoms with Gasteiger partial charge in [-0.25, -0.2) is 0 Å². The van der Waals surface area contributed by atoms with Gasteiger partial charge in [-0.1, -0.05) is 6.92 Å². The number of piperidine rings is 1. The second-order valence-corrected chi connectivity index (χ2v) is 3.72. The minimum Gasteiger partial charge on any atom is -0.355 e. The SMILES string of the molecule is CCCNC(=O)CNC1CCCNC1=O. The first-order chi connectivity index (χ1) is 7.24. The molecule has 1 saturated heterocycles. The summed E-state index contributed by atoms with van der Waals surface area (Å²) in [5.41, 5.74) is 0. The minimum absolute atomic E-state index is 0.00421. The zero-order chi connectivity index (χ0) is 11.1. The molecule has 0 radical (unpaired) electrons. The van der Waals surface area contributed by atoms with Gasteiger partial charge in [0.1, 0.15) is 0 Å². The van der Waals surface area contributed by atoms with Crippen molar-refractivity contribution in [2.24, 2.45) is 0 Å². The summed E-state index contributed by atoms with van der Waals surface area (Å²) in [6, 6.07) is -0.203. The molecule has 15 heavy (non-hydrogen) atoms. The van der Waals surface area contributed by atoms with Crippen molar-refractivity contribution in [3.8, 4) is 0 Å². The first kappa shape index (κ1) is 12.0. The Bertz CT molecular complexity index is 231. The van der Waals surface area contributed by atoms with Crippen LogP contribution in [0.15, 0.2) is 0 Å². The van der Waals surface area contributed by atoms with E-state index in [1.165, 1.54) is 0 Å². The smallest absolute Gasteiger partial charge is 0.237 e. The molecule has 0 bridgehead atoms. The molecule has 1 atom stereocenters. The number of amides is 2. The lowest BCUT2D eigenvalue weighted by molar-refractivity contribution is -0.125. The fourth-order valence-electron chi connectivity index (χ4n) is 1.51. The van der Waals surface area contributed by atoms with E-state index in [0.29, 0.717) is 6.54 Å². The summed E-state index contributed by atoms with van der Waals surface area (Å²) >= 11 is 0. The molecule has 0 aliphatic carbocycles. The Labute approximate surface area is 90.0 Å². The molecule has 0 aromatic heterocycles. The summed E-state index contributed by atoms with van der Waals surface area (Å²) in [7, 11) is 0. The van der Waals surface area contributed by atoms with Gasteiger partial charge in [0, 0.05) is 13.1 Å². The Kier molecular flexibility index (Phi) is 5.10. The van der Waals surface area contributed by atoms with E-state index < -0.39 is 0 Å². The minimum atomic E-state index is -0.203. The zero-order valence-corrected chi connectivity index (χ0v) is 9.14. The van der Waals surface area contributed by atoms with Crippen LogP contribution in [0.3, 0.4) is 0 Å². The molecule has 0 spiro atoms. The van der Waals surface area contributed by atoms with E-state index in [0.717, 1.165) is 25.8 Å². The van der Waals surface area contributed by atoms with Crippen molar-refractivity contribution in [1.29, 1.82) is 0 Å². The van der Waals surface area contributed by atoms with Crippen LogP contribution in [-0.4, -0.2) is 37.5 Å². The summed E-state index contributed by atoms with van der Waals surface area (Å²) in [4.78, 5) is 22.6. The second-order valence-electron chi connectivity index (χ2n) is 3.72. The molecule has 2 amide bonds. The summed E-state index contributed by atoms with van der Waals surface area (Å²) in [5, 5.41) is 8.48. The van der Waals surface area contributed by atoms with Gasteiger partial charge in [-0.05, 0) is 19.3 Å². The van der Waals surface area contributed by atoms with Crippen LogP contribution < -0.4 is 16.0 Å². The van der Waals surface area contributed by atoms with E-state index in [4.69, 9.17) is 0 Å². The molecule has 1 rings (SSSR count). The van der Waals surface area contributed by atoms with Crippen LogP contribution >= 0.6 is 0 Å². The van der Waals surface area contributed by atoms with Gasteiger partial charge in [0.05, 0.1) is 12.6 Å². The lowest BCUT2D eigenvalue weighted by Crippen LogP contribution is -2.50. The van der Waals surface area contributed by atoms with E-state index >= 15 is 0 Å². The van der Waals surface area contributed by atoms with E-state index in [1.807, 2.05) is 6.92 Å². The first-order valence-corrected chi connectivity index (χ1v) is 5.52. The highest BCUT2D eigenvalue weighted by Gasteiger charge is 2.21. The van der Waals surface area contributed by atoms with Gasteiger partial charge < -0.3 is 10.6 Å². The quantitative estimate of drug-likeness (QED) is 0.570. The van der Waals surface area contributed by atoms with Gasteiger partial charge in [0.2, 0.25) is 11.8 Å². The van der Waals surface area contributed by atoms with Gasteiger partial charge in [-0.15, -0.1) is 0 Å². The van der Waals surface area contributed by atoms with Gasteiger partial charge in [-0.2, -0.15) is 0 Å². The average molecular weight is 213 g/mol. The number of carbonyl (C=O) groups is 2. The monoisotopic (exact) mass is 213 g/mol. The van der Waals surface area contributed by atoms with E-state index in [2.05, 4.69) is 16.0 Å². The second kappa shape index (κ2) is 6.40. The standard InChI is InChI=1S/C10H19N3O2/c1-2-5-11-9(14)7-13-8-4-3-6-12-10(8)15/h8,13H,2-7H2,1H3,(H,11,14)(H,12,15). The molecule has 86 valence electrons. The molecule has 1 aliphatic rings. The van der Waals surface area contributed by atoms with E-state index in [-0.39, 0.29) is 24.4 Å². The largest absolute Gasteiger partial charge is 0.355 e. The number of rotatable bonds is 5. The topological polar surface area (TPSA) is 70.2 Å². The fraction of sp³-hybridized carbons (Fsp3) is 0.800. The Morgan fingerprint density at radius 2 is 2.40 bits per heavy atom. The van der Waals surface area contributed by atoms with Gasteiger partial charge >= 0.3 is 0 Å². The van der Waals surface area contributed by atoms with Crippen LogP contribution in [0.5, 0.6) is 0 Å². The summed E-state index contributed by atoms with van der Waals surface area (Å²) < 4.78 is 0. The molecule has 0 aromatic carbocycles. The Balaban J connectivity index is 2.17. The Hall–Kier alpha value is -1.10. The summed E-state index contributed by atoms with van der Waals surface area (Å²) in [5.74, 6) is -0.0419. The van der Waals surface area contributed by atoms with E-state index in [9.17, 15) is 9.59 Å². The van der Waals surface area contributed by atoms with Crippen molar-refractivity contribution in [3.63, 3.8) is 0 Å². The highest BCUT2D eigenvalue weighted by molar-refractivity contribution is 5.84. The maximum Gasteiger partial charge on any atom is 0.237 e. The molecule has 1 unspecified atom stereocenters. The normalized spacial score (nSPS) is 20.9. The molecule has 0 saturated carbocycles. The maximum atomic E-state index is 11.3. The Morgan fingerprint density at radius 3 is 3.07 bits per heavy atom. The molecule has 1 fully saturated rings. The molecular weight excluding hydrogens is 194 g/mol. The van der Waals surface area contributed by atoms with Crippen molar-refractivity contribution in [3.05, 3.63) is 0 Å². The van der Waals surface area contributed by atoms with Crippen molar-refractivity contribution < 1.29 is 9.59 Å². The van der Waals surface area contributed by atoms with Crippen molar-refractivity contribution in [2.75, 3.05) is 19.6 Å². The highest BCUT2D eigenvalue weighted by atomic mass is 16.2. The predicted molar refractivity (Wildman–Crippen MR) is 57.3 cm³/mol. The van der Waals surface area contributed by atoms with Crippen LogP contribution in [0.1, 0.15) is 26.2 Å². The fourth-order valence-corrected chi connectivity index (χ4v) is 1.51. The maximum absolute atomic E-state index is 11.3. The molecule has 5 nitrogen and oxygen atoms in total. The van der Waals surface area contributed by atoms with Crippen molar-refractivity contribution >= 4 is 11.8 Å². The molecular formula is C10H19N3O2.